The molecule has 0 radical (unpaired) electrons. The van der Waals surface area contributed by atoms with Gasteiger partial charge in [0.05, 0.1) is 5.56 Å². The van der Waals surface area contributed by atoms with Gasteiger partial charge in [0.2, 0.25) is 5.78 Å². The maximum absolute atomic E-state index is 13.5. The molecule has 1 aromatic heterocycles. The number of hydrogen-bond acceptors (Lipinski definition) is 4. The van der Waals surface area contributed by atoms with Crippen molar-refractivity contribution in [2.45, 2.75) is 12.7 Å². The van der Waals surface area contributed by atoms with Crippen LogP contribution < -0.4 is 4.74 Å². The monoisotopic (exact) mass is 461 g/mol. The smallest absolute Gasteiger partial charge is 0.339 e. The van der Waals surface area contributed by atoms with Gasteiger partial charge in [-0.15, -0.1) is 0 Å². The van der Waals surface area contributed by atoms with E-state index in [2.05, 4.69) is 4.98 Å². The number of hydrogen-bond donors (Lipinski definition) is 1. The van der Waals surface area contributed by atoms with E-state index in [0.29, 0.717) is 29.0 Å². The first-order valence-corrected chi connectivity index (χ1v) is 11.3. The molecule has 0 saturated heterocycles. The Bertz CT molecular complexity index is 1440. The molecule has 4 aromatic carbocycles. The van der Waals surface area contributed by atoms with Gasteiger partial charge in [-0.1, -0.05) is 78.9 Å². The van der Waals surface area contributed by atoms with E-state index in [1.807, 2.05) is 72.8 Å². The van der Waals surface area contributed by atoms with Gasteiger partial charge in [0.15, 0.2) is 6.10 Å². The standard InChI is InChI=1S/C30H23NO4/c32-28(26-19-31-27-14-8-7-13-25(26)27)29(22-11-5-2-6-12-22)35-30(33)23-15-17-24(18-16-23)34-20-21-9-3-1-4-10-21/h1-19,29,31H,20H2/t29-/m0/s1. The summed E-state index contributed by atoms with van der Waals surface area (Å²) in [6.07, 6.45) is 0.590. The third-order valence-corrected chi connectivity index (χ3v) is 5.76. The molecule has 5 nitrogen and oxygen atoms in total. The minimum atomic E-state index is -1.07. The van der Waals surface area contributed by atoms with Gasteiger partial charge in [-0.2, -0.15) is 0 Å². The summed E-state index contributed by atoms with van der Waals surface area (Å²) < 4.78 is 11.6. The lowest BCUT2D eigenvalue weighted by Gasteiger charge is -2.17. The largest absolute Gasteiger partial charge is 0.489 e. The Morgan fingerprint density at radius 1 is 0.743 bits per heavy atom. The fourth-order valence-electron chi connectivity index (χ4n) is 3.92. The van der Waals surface area contributed by atoms with Gasteiger partial charge in [0.25, 0.3) is 0 Å². The first kappa shape index (κ1) is 22.2. The summed E-state index contributed by atoms with van der Waals surface area (Å²) in [6.45, 7) is 0.430. The summed E-state index contributed by atoms with van der Waals surface area (Å²) in [7, 11) is 0. The Morgan fingerprint density at radius 3 is 2.14 bits per heavy atom. The molecule has 1 N–H and O–H groups in total. The van der Waals surface area contributed by atoms with Gasteiger partial charge in [0.1, 0.15) is 12.4 Å². The van der Waals surface area contributed by atoms with E-state index in [-0.39, 0.29) is 5.78 Å². The lowest BCUT2D eigenvalue weighted by atomic mass is 9.99. The fraction of sp³-hybridized carbons (Fsp3) is 0.0667. The summed E-state index contributed by atoms with van der Waals surface area (Å²) >= 11 is 0. The Morgan fingerprint density at radius 2 is 1.40 bits per heavy atom. The van der Waals surface area contributed by atoms with Crippen molar-refractivity contribution in [1.29, 1.82) is 0 Å². The Labute approximate surface area is 203 Å². The summed E-state index contributed by atoms with van der Waals surface area (Å²) in [5.74, 6) is -0.230. The van der Waals surface area contributed by atoms with Crippen LogP contribution in [-0.4, -0.2) is 16.7 Å². The predicted molar refractivity (Wildman–Crippen MR) is 134 cm³/mol. The number of Topliss-reactive ketones (excluding diaryl/α,β-unsaturated/α-hetero) is 1. The average molecular weight is 462 g/mol. The minimum absolute atomic E-state index is 0.287. The van der Waals surface area contributed by atoms with E-state index in [9.17, 15) is 9.59 Å². The van der Waals surface area contributed by atoms with Gasteiger partial charge in [-0.3, -0.25) is 4.79 Å². The first-order valence-electron chi connectivity index (χ1n) is 11.3. The van der Waals surface area contributed by atoms with Gasteiger partial charge >= 0.3 is 5.97 Å². The number of fused-ring (bicyclic) bond motifs is 1. The number of nitrogens with one attached hydrogen (secondary N) is 1. The van der Waals surface area contributed by atoms with Crippen LogP contribution in [0, 0.1) is 0 Å². The highest BCUT2D eigenvalue weighted by molar-refractivity contribution is 6.11. The molecule has 1 atom stereocenters. The molecule has 0 fully saturated rings. The zero-order valence-electron chi connectivity index (χ0n) is 18.9. The van der Waals surface area contributed by atoms with Crippen LogP contribution >= 0.6 is 0 Å². The number of carbonyl (C=O) groups excluding carboxylic acids is 2. The van der Waals surface area contributed by atoms with Crippen molar-refractivity contribution in [3.8, 4) is 5.75 Å². The zero-order valence-corrected chi connectivity index (χ0v) is 18.9. The van der Waals surface area contributed by atoms with Crippen molar-refractivity contribution in [1.82, 2.24) is 4.98 Å². The Kier molecular flexibility index (Phi) is 6.39. The number of aromatic amines is 1. The number of ether oxygens (including phenoxy) is 2. The van der Waals surface area contributed by atoms with Crippen LogP contribution in [0.25, 0.3) is 10.9 Å². The third-order valence-electron chi connectivity index (χ3n) is 5.76. The summed E-state index contributed by atoms with van der Waals surface area (Å²) in [4.78, 5) is 29.7. The van der Waals surface area contributed by atoms with Gasteiger partial charge in [-0.25, -0.2) is 4.79 Å². The molecule has 0 spiro atoms. The molecular formula is C30H23NO4. The SMILES string of the molecule is O=C(O[C@H](C(=O)c1c[nH]c2ccccc12)c1ccccc1)c1ccc(OCc2ccccc2)cc1. The van der Waals surface area contributed by atoms with Crippen LogP contribution in [-0.2, 0) is 11.3 Å². The van der Waals surface area contributed by atoms with E-state index < -0.39 is 12.1 Å². The number of ketones is 1. The normalized spacial score (nSPS) is 11.7. The molecule has 0 bridgehead atoms. The van der Waals surface area contributed by atoms with E-state index in [4.69, 9.17) is 9.47 Å². The number of H-pyrrole nitrogens is 1. The number of aromatic nitrogens is 1. The van der Waals surface area contributed by atoms with Gasteiger partial charge in [-0.05, 0) is 35.9 Å². The summed E-state index contributed by atoms with van der Waals surface area (Å²) in [6, 6.07) is 33.2. The molecule has 0 unspecified atom stereocenters. The molecule has 0 aliphatic rings. The third kappa shape index (κ3) is 4.99. The molecule has 5 rings (SSSR count). The molecule has 172 valence electrons. The molecule has 1 heterocycles. The fourth-order valence-corrected chi connectivity index (χ4v) is 3.92. The van der Waals surface area contributed by atoms with Crippen LogP contribution in [0.4, 0.5) is 0 Å². The van der Waals surface area contributed by atoms with Crippen LogP contribution in [0.3, 0.4) is 0 Å². The highest BCUT2D eigenvalue weighted by Gasteiger charge is 2.28. The number of rotatable bonds is 8. The molecule has 0 saturated carbocycles. The lowest BCUT2D eigenvalue weighted by molar-refractivity contribution is 0.0280. The second kappa shape index (κ2) is 10.1. The van der Waals surface area contributed by atoms with E-state index in [1.54, 1.807) is 42.6 Å². The minimum Gasteiger partial charge on any atom is -0.489 e. The van der Waals surface area contributed by atoms with E-state index >= 15 is 0 Å². The average Bonchev–Trinajstić information content (AvgIpc) is 3.36. The van der Waals surface area contributed by atoms with Crippen LogP contribution in [0.5, 0.6) is 5.75 Å². The molecule has 0 aliphatic heterocycles. The molecular weight excluding hydrogens is 438 g/mol. The van der Waals surface area contributed by atoms with E-state index in [0.717, 1.165) is 16.5 Å². The number of para-hydroxylation sites is 1. The lowest BCUT2D eigenvalue weighted by Crippen LogP contribution is -2.20. The van der Waals surface area contributed by atoms with Crippen LogP contribution in [0.2, 0.25) is 0 Å². The Hall–Kier alpha value is -4.64. The highest BCUT2D eigenvalue weighted by Crippen LogP contribution is 2.28. The number of esters is 1. The summed E-state index contributed by atoms with van der Waals surface area (Å²) in [5, 5.41) is 0.786. The molecule has 5 aromatic rings. The number of carbonyl (C=O) groups is 2. The Balaban J connectivity index is 1.35. The molecule has 0 aliphatic carbocycles. The second-order valence-electron chi connectivity index (χ2n) is 8.11. The van der Waals surface area contributed by atoms with Crippen LogP contribution in [0.1, 0.15) is 37.9 Å². The van der Waals surface area contributed by atoms with Crippen molar-refractivity contribution in [3.63, 3.8) is 0 Å². The van der Waals surface area contributed by atoms with Crippen LogP contribution in [0.15, 0.2) is 115 Å². The van der Waals surface area contributed by atoms with Gasteiger partial charge < -0.3 is 14.5 Å². The molecule has 5 heteroatoms. The maximum Gasteiger partial charge on any atom is 0.339 e. The van der Waals surface area contributed by atoms with Crippen molar-refractivity contribution >= 4 is 22.7 Å². The summed E-state index contributed by atoms with van der Waals surface area (Å²) in [5.41, 5.74) is 3.33. The molecule has 0 amide bonds. The number of benzene rings is 4. The predicted octanol–water partition coefficient (Wildman–Crippen LogP) is 6.53. The zero-order chi connectivity index (χ0) is 24.0. The maximum atomic E-state index is 13.5. The quantitative estimate of drug-likeness (QED) is 0.211. The topological polar surface area (TPSA) is 68.4 Å². The first-order chi connectivity index (χ1) is 17.2. The van der Waals surface area contributed by atoms with Gasteiger partial charge in [0, 0.05) is 28.2 Å². The van der Waals surface area contributed by atoms with Crippen molar-refractivity contribution in [3.05, 3.63) is 138 Å². The van der Waals surface area contributed by atoms with E-state index in [1.165, 1.54) is 0 Å². The van der Waals surface area contributed by atoms with Crippen molar-refractivity contribution in [2.24, 2.45) is 0 Å². The van der Waals surface area contributed by atoms with Crippen molar-refractivity contribution < 1.29 is 19.1 Å². The molecule has 35 heavy (non-hydrogen) atoms. The second-order valence-corrected chi connectivity index (χ2v) is 8.11. The van der Waals surface area contributed by atoms with Crippen molar-refractivity contribution in [2.75, 3.05) is 0 Å². The highest BCUT2D eigenvalue weighted by atomic mass is 16.5.